The third-order valence-corrected chi connectivity index (χ3v) is 8.68. The number of rotatable bonds is 7. The molecule has 3 aromatic carbocycles. The number of amides is 1. The van der Waals surface area contributed by atoms with Gasteiger partial charge in [-0.1, -0.05) is 50.2 Å². The van der Waals surface area contributed by atoms with Crippen LogP contribution >= 0.6 is 0 Å². The van der Waals surface area contributed by atoms with Gasteiger partial charge in [-0.15, -0.1) is 0 Å². The van der Waals surface area contributed by atoms with E-state index in [4.69, 9.17) is 9.15 Å². The highest BCUT2D eigenvalue weighted by Gasteiger charge is 2.44. The van der Waals surface area contributed by atoms with Gasteiger partial charge in [-0.25, -0.2) is 4.98 Å². The van der Waals surface area contributed by atoms with E-state index in [1.54, 1.807) is 12.3 Å². The van der Waals surface area contributed by atoms with Crippen molar-refractivity contribution < 1.29 is 19.1 Å². The summed E-state index contributed by atoms with van der Waals surface area (Å²) < 4.78 is 11.6. The fourth-order valence-electron chi connectivity index (χ4n) is 5.88. The van der Waals surface area contributed by atoms with Crippen molar-refractivity contribution in [2.24, 2.45) is 0 Å². The van der Waals surface area contributed by atoms with Gasteiger partial charge < -0.3 is 30.2 Å². The first-order chi connectivity index (χ1) is 21.4. The molecule has 8 nitrogen and oxygen atoms in total. The molecule has 4 N–H and O–H groups in total. The van der Waals surface area contributed by atoms with Crippen LogP contribution in [0.4, 0.5) is 5.69 Å². The Morgan fingerprint density at radius 2 is 1.89 bits per heavy atom. The molecule has 230 valence electrons. The first-order valence-electron chi connectivity index (χ1n) is 15.7. The van der Waals surface area contributed by atoms with E-state index in [1.807, 2.05) is 36.4 Å². The van der Waals surface area contributed by atoms with Crippen molar-refractivity contribution in [3.63, 3.8) is 0 Å². The quantitative estimate of drug-likeness (QED) is 0.207. The fourth-order valence-corrected chi connectivity index (χ4v) is 5.88. The van der Waals surface area contributed by atoms with Gasteiger partial charge in [0.25, 0.3) is 5.91 Å². The lowest BCUT2D eigenvalue weighted by Gasteiger charge is -2.28. The predicted octanol–water partition coefficient (Wildman–Crippen LogP) is 6.03. The van der Waals surface area contributed by atoms with E-state index in [0.717, 1.165) is 49.2 Å². The number of benzene rings is 3. The number of aliphatic hydroxyl groups is 1. The van der Waals surface area contributed by atoms with Crippen molar-refractivity contribution in [2.75, 3.05) is 25.0 Å². The number of oxazole rings is 1. The highest BCUT2D eigenvalue weighted by atomic mass is 16.5. The number of fused-ring (bicyclic) bond motifs is 4. The molecule has 0 saturated heterocycles. The molecule has 0 radical (unpaired) electrons. The normalized spacial score (nSPS) is 19.0. The van der Waals surface area contributed by atoms with Gasteiger partial charge in [0, 0.05) is 35.4 Å². The molecule has 1 amide bonds. The predicted molar refractivity (Wildman–Crippen MR) is 172 cm³/mol. The number of carbonyl (C=O) groups is 1. The molecule has 1 aromatic heterocycles. The summed E-state index contributed by atoms with van der Waals surface area (Å²) in [7, 11) is 0. The maximum atomic E-state index is 13.8. The molecule has 2 heterocycles. The lowest BCUT2D eigenvalue weighted by Crippen LogP contribution is -2.50. The minimum atomic E-state index is -0.833. The Labute approximate surface area is 259 Å². The van der Waals surface area contributed by atoms with Gasteiger partial charge >= 0.3 is 0 Å². The Morgan fingerprint density at radius 3 is 2.68 bits per heavy atom. The van der Waals surface area contributed by atoms with E-state index in [1.165, 1.54) is 17.4 Å². The number of aromatic nitrogens is 1. The molecule has 6 rings (SSSR count). The number of hydrogen-bond acceptors (Lipinski definition) is 7. The van der Waals surface area contributed by atoms with Crippen LogP contribution in [0, 0.1) is 0 Å². The van der Waals surface area contributed by atoms with E-state index >= 15 is 0 Å². The molecule has 0 unspecified atom stereocenters. The maximum Gasteiger partial charge on any atom is 0.251 e. The molecule has 1 fully saturated rings. The third kappa shape index (κ3) is 7.14. The molecular weight excluding hydrogens is 552 g/mol. The van der Waals surface area contributed by atoms with Gasteiger partial charge in [-0.3, -0.25) is 4.79 Å². The summed E-state index contributed by atoms with van der Waals surface area (Å²) >= 11 is 0. The van der Waals surface area contributed by atoms with Gasteiger partial charge in [0.1, 0.15) is 12.0 Å². The summed E-state index contributed by atoms with van der Waals surface area (Å²) in [5, 5.41) is 21.9. The first kappa shape index (κ1) is 29.9. The summed E-state index contributed by atoms with van der Waals surface area (Å²) in [6.07, 6.45) is 6.56. The molecule has 44 heavy (non-hydrogen) atoms. The Bertz CT molecular complexity index is 1560. The second-order valence-corrected chi connectivity index (χ2v) is 12.4. The Morgan fingerprint density at radius 1 is 1.05 bits per heavy atom. The molecule has 8 heteroatoms. The molecule has 1 aliphatic heterocycles. The average Bonchev–Trinajstić information content (AvgIpc) is 3.62. The SMILES string of the molecule is CC(C)c1cccc(C2(NC[C@@H](O)[C@@H]3Cc4cccc(c4)OCCCCNc4cc(cc(-c5ncco5)c4)C(=O)N3)CC2)c1. The van der Waals surface area contributed by atoms with E-state index in [-0.39, 0.29) is 11.4 Å². The lowest BCUT2D eigenvalue weighted by molar-refractivity contribution is 0.0822. The van der Waals surface area contributed by atoms with Crippen LogP contribution in [-0.2, 0) is 12.0 Å². The van der Waals surface area contributed by atoms with Crippen LogP contribution in [0.3, 0.4) is 0 Å². The smallest absolute Gasteiger partial charge is 0.251 e. The van der Waals surface area contributed by atoms with Crippen LogP contribution in [0.1, 0.15) is 72.5 Å². The Hall–Kier alpha value is -4.14. The Balaban J connectivity index is 1.26. The van der Waals surface area contributed by atoms with Crippen molar-refractivity contribution in [3.05, 3.63) is 101 Å². The fraction of sp³-hybridized carbons (Fsp3) is 0.389. The van der Waals surface area contributed by atoms with Crippen LogP contribution < -0.4 is 20.7 Å². The van der Waals surface area contributed by atoms with E-state index < -0.39 is 12.1 Å². The molecule has 1 saturated carbocycles. The van der Waals surface area contributed by atoms with E-state index in [9.17, 15) is 9.90 Å². The molecule has 1 aliphatic carbocycles. The second-order valence-electron chi connectivity index (χ2n) is 12.4. The summed E-state index contributed by atoms with van der Waals surface area (Å²) in [6.45, 7) is 6.09. The monoisotopic (exact) mass is 594 g/mol. The van der Waals surface area contributed by atoms with Crippen LogP contribution in [0.5, 0.6) is 5.75 Å². The van der Waals surface area contributed by atoms with Crippen molar-refractivity contribution >= 4 is 11.6 Å². The van der Waals surface area contributed by atoms with E-state index in [0.29, 0.717) is 42.5 Å². The molecule has 0 spiro atoms. The number of anilines is 1. The van der Waals surface area contributed by atoms with Gasteiger partial charge in [0.05, 0.1) is 24.9 Å². The molecule has 4 aromatic rings. The highest BCUT2D eigenvalue weighted by molar-refractivity contribution is 5.96. The van der Waals surface area contributed by atoms with Crippen LogP contribution in [0.25, 0.3) is 11.5 Å². The topological polar surface area (TPSA) is 109 Å². The zero-order valence-electron chi connectivity index (χ0n) is 25.5. The number of hydrogen-bond donors (Lipinski definition) is 4. The second kappa shape index (κ2) is 13.2. The molecule has 2 aliphatic rings. The molecule has 4 bridgehead atoms. The summed E-state index contributed by atoms with van der Waals surface area (Å²) in [5.41, 5.74) is 5.40. The summed E-state index contributed by atoms with van der Waals surface area (Å²) in [6, 6.07) is 21.7. The number of ether oxygens (including phenoxy) is 1. The summed E-state index contributed by atoms with van der Waals surface area (Å²) in [5.74, 6) is 1.42. The Kier molecular flexibility index (Phi) is 9.00. The van der Waals surface area contributed by atoms with Gasteiger partial charge in [0.15, 0.2) is 0 Å². The van der Waals surface area contributed by atoms with Crippen molar-refractivity contribution in [1.29, 1.82) is 0 Å². The van der Waals surface area contributed by atoms with Crippen LogP contribution in [-0.4, -0.2) is 47.8 Å². The minimum absolute atomic E-state index is 0.146. The number of aliphatic hydroxyl groups excluding tert-OH is 1. The average molecular weight is 595 g/mol. The summed E-state index contributed by atoms with van der Waals surface area (Å²) in [4.78, 5) is 18.1. The third-order valence-electron chi connectivity index (χ3n) is 8.68. The van der Waals surface area contributed by atoms with Crippen molar-refractivity contribution in [1.82, 2.24) is 15.6 Å². The minimum Gasteiger partial charge on any atom is -0.494 e. The first-order valence-corrected chi connectivity index (χ1v) is 15.7. The van der Waals surface area contributed by atoms with E-state index in [2.05, 4.69) is 59.0 Å². The maximum absolute atomic E-state index is 13.8. The van der Waals surface area contributed by atoms with Crippen LogP contribution in [0.2, 0.25) is 0 Å². The number of nitrogens with zero attached hydrogens (tertiary/aromatic N) is 1. The zero-order valence-corrected chi connectivity index (χ0v) is 25.5. The van der Waals surface area contributed by atoms with Crippen LogP contribution in [0.15, 0.2) is 83.6 Å². The van der Waals surface area contributed by atoms with Gasteiger partial charge in [-0.2, -0.15) is 0 Å². The van der Waals surface area contributed by atoms with Crippen molar-refractivity contribution in [2.45, 2.75) is 69.6 Å². The standard InChI is InChI=1S/C36H42N4O4/c1-24(2)26-8-6-9-29(20-26)36(11-12-36)39-23-33(41)32-18-25-7-5-10-31(17-25)43-15-4-3-13-37-30-21-27(34(42)40-32)19-28(22-30)35-38-14-16-44-35/h5-10,14,16-17,19-22,24,32-33,37,39,41H,3-4,11-13,15,18,23H2,1-2H3,(H,40,42)/t32-,33+/m0/s1. The molecular formula is C36H42N4O4. The lowest BCUT2D eigenvalue weighted by atomic mass is 9.95. The van der Waals surface area contributed by atoms with Gasteiger partial charge in [0.2, 0.25) is 5.89 Å². The number of nitrogens with one attached hydrogen (secondary N) is 3. The number of carbonyl (C=O) groups excluding carboxylic acids is 1. The zero-order chi connectivity index (χ0) is 30.5. The van der Waals surface area contributed by atoms with Crippen molar-refractivity contribution in [3.8, 4) is 17.2 Å². The van der Waals surface area contributed by atoms with Gasteiger partial charge in [-0.05, 0) is 85.0 Å². The highest BCUT2D eigenvalue weighted by Crippen LogP contribution is 2.46. The largest absolute Gasteiger partial charge is 0.494 e. The molecule has 2 atom stereocenters.